The molecule has 1 aromatic rings. The lowest BCUT2D eigenvalue weighted by Crippen LogP contribution is -2.39. The van der Waals surface area contributed by atoms with Crippen molar-refractivity contribution in [3.05, 3.63) is 29.3 Å². The van der Waals surface area contributed by atoms with Gasteiger partial charge in [-0.05, 0) is 49.9 Å². The number of nitrogens with one attached hydrogen (secondary N) is 1. The molecule has 1 saturated carbocycles. The summed E-state index contributed by atoms with van der Waals surface area (Å²) in [4.78, 5) is 11.9. The molecule has 4 nitrogen and oxygen atoms in total. The van der Waals surface area contributed by atoms with Crippen molar-refractivity contribution < 1.29 is 14.6 Å². The third-order valence-electron chi connectivity index (χ3n) is 4.01. The summed E-state index contributed by atoms with van der Waals surface area (Å²) in [6.45, 7) is 3.69. The highest BCUT2D eigenvalue weighted by atomic mass is 16.5. The summed E-state index contributed by atoms with van der Waals surface area (Å²) in [6, 6.07) is 5.84. The molecule has 1 aromatic carbocycles. The number of rotatable bonds is 5. The Labute approximate surface area is 126 Å². The van der Waals surface area contributed by atoms with Gasteiger partial charge in [-0.2, -0.15) is 0 Å². The molecule has 1 atom stereocenters. The molecule has 0 bridgehead atoms. The second kappa shape index (κ2) is 7.46. The summed E-state index contributed by atoms with van der Waals surface area (Å²) in [5.74, 6) is 0.638. The summed E-state index contributed by atoms with van der Waals surface area (Å²) in [7, 11) is 0. The van der Waals surface area contributed by atoms with E-state index in [0.717, 1.165) is 24.0 Å². The molecule has 116 valence electrons. The minimum absolute atomic E-state index is 0.0470. The lowest BCUT2D eigenvalue weighted by Gasteiger charge is -2.22. The second-order valence-corrected chi connectivity index (χ2v) is 5.89. The van der Waals surface area contributed by atoms with Gasteiger partial charge in [0.2, 0.25) is 0 Å². The largest absolute Gasteiger partial charge is 0.484 e. The van der Waals surface area contributed by atoms with Crippen LogP contribution in [0.3, 0.4) is 0 Å². The van der Waals surface area contributed by atoms with Gasteiger partial charge in [-0.1, -0.05) is 25.3 Å². The summed E-state index contributed by atoms with van der Waals surface area (Å²) < 4.78 is 5.58. The quantitative estimate of drug-likeness (QED) is 0.877. The van der Waals surface area contributed by atoms with Gasteiger partial charge in [0, 0.05) is 6.04 Å². The van der Waals surface area contributed by atoms with Crippen LogP contribution >= 0.6 is 0 Å². The van der Waals surface area contributed by atoms with E-state index >= 15 is 0 Å². The second-order valence-electron chi connectivity index (χ2n) is 5.89. The molecule has 1 aliphatic rings. The van der Waals surface area contributed by atoms with Crippen LogP contribution in [0.25, 0.3) is 0 Å². The van der Waals surface area contributed by atoms with Crippen molar-refractivity contribution in [3.8, 4) is 5.75 Å². The number of carbonyl (C=O) groups is 1. The number of carbonyl (C=O) groups excluding carboxylic acids is 1. The van der Waals surface area contributed by atoms with Crippen LogP contribution in [-0.4, -0.2) is 23.7 Å². The number of hydrogen-bond acceptors (Lipinski definition) is 3. The number of aliphatic hydroxyl groups excluding tert-OH is 1. The highest BCUT2D eigenvalue weighted by Crippen LogP contribution is 2.22. The molecule has 2 N–H and O–H groups in total. The third kappa shape index (κ3) is 4.74. The van der Waals surface area contributed by atoms with Gasteiger partial charge in [-0.3, -0.25) is 4.79 Å². The van der Waals surface area contributed by atoms with Crippen LogP contribution in [0.4, 0.5) is 0 Å². The van der Waals surface area contributed by atoms with Crippen molar-refractivity contribution in [2.45, 2.75) is 58.1 Å². The molecular weight excluding hydrogens is 266 g/mol. The maximum absolute atomic E-state index is 11.9. The number of amides is 1. The smallest absolute Gasteiger partial charge is 0.258 e. The Balaban J connectivity index is 1.83. The first kappa shape index (κ1) is 15.8. The van der Waals surface area contributed by atoms with Crippen molar-refractivity contribution in [2.75, 3.05) is 6.61 Å². The normalized spacial score (nSPS) is 17.3. The average Bonchev–Trinajstić information content (AvgIpc) is 2.47. The molecule has 4 heteroatoms. The van der Waals surface area contributed by atoms with Gasteiger partial charge in [0.25, 0.3) is 5.91 Å². The molecule has 0 heterocycles. The van der Waals surface area contributed by atoms with E-state index in [0.29, 0.717) is 11.8 Å². The molecule has 1 unspecified atom stereocenters. The molecule has 0 saturated heterocycles. The SMILES string of the molecule is Cc1cc(C(C)O)ccc1OCC(=O)NC1CCCCC1. The molecule has 0 radical (unpaired) electrons. The predicted octanol–water partition coefficient (Wildman–Crippen LogP) is 2.88. The summed E-state index contributed by atoms with van der Waals surface area (Å²) in [5, 5.41) is 12.6. The van der Waals surface area contributed by atoms with E-state index in [4.69, 9.17) is 4.74 Å². The molecule has 1 amide bonds. The first-order valence-electron chi connectivity index (χ1n) is 7.77. The number of aryl methyl sites for hydroxylation is 1. The maximum atomic E-state index is 11.9. The molecule has 0 spiro atoms. The van der Waals surface area contributed by atoms with Crippen molar-refractivity contribution in [3.63, 3.8) is 0 Å². The predicted molar refractivity (Wildman–Crippen MR) is 82.3 cm³/mol. The van der Waals surface area contributed by atoms with E-state index in [9.17, 15) is 9.90 Å². The Morgan fingerprint density at radius 3 is 2.71 bits per heavy atom. The molecular formula is C17H25NO3. The maximum Gasteiger partial charge on any atom is 0.258 e. The van der Waals surface area contributed by atoms with Crippen molar-refractivity contribution in [2.24, 2.45) is 0 Å². The number of benzene rings is 1. The van der Waals surface area contributed by atoms with Crippen molar-refractivity contribution in [1.29, 1.82) is 0 Å². The Kier molecular flexibility index (Phi) is 5.62. The van der Waals surface area contributed by atoms with E-state index in [-0.39, 0.29) is 12.5 Å². The highest BCUT2D eigenvalue weighted by Gasteiger charge is 2.16. The van der Waals surface area contributed by atoms with E-state index in [1.807, 2.05) is 25.1 Å². The Bertz CT molecular complexity index is 479. The van der Waals surface area contributed by atoms with E-state index < -0.39 is 6.10 Å². The van der Waals surface area contributed by atoms with Crippen LogP contribution in [0.1, 0.15) is 56.3 Å². The Hall–Kier alpha value is -1.55. The fourth-order valence-corrected chi connectivity index (χ4v) is 2.75. The van der Waals surface area contributed by atoms with Crippen molar-refractivity contribution in [1.82, 2.24) is 5.32 Å². The van der Waals surface area contributed by atoms with Gasteiger partial charge in [0.1, 0.15) is 5.75 Å². The van der Waals surface area contributed by atoms with Gasteiger partial charge in [0.15, 0.2) is 6.61 Å². The summed E-state index contributed by atoms with van der Waals surface area (Å²) in [6.07, 6.45) is 5.34. The van der Waals surface area contributed by atoms with Gasteiger partial charge < -0.3 is 15.2 Å². The molecule has 0 aromatic heterocycles. The molecule has 0 aliphatic heterocycles. The Morgan fingerprint density at radius 1 is 1.38 bits per heavy atom. The fraction of sp³-hybridized carbons (Fsp3) is 0.588. The molecule has 2 rings (SSSR count). The monoisotopic (exact) mass is 291 g/mol. The minimum atomic E-state index is -0.493. The summed E-state index contributed by atoms with van der Waals surface area (Å²) >= 11 is 0. The topological polar surface area (TPSA) is 58.6 Å². The van der Waals surface area contributed by atoms with Gasteiger partial charge in [-0.15, -0.1) is 0 Å². The fourth-order valence-electron chi connectivity index (χ4n) is 2.75. The zero-order chi connectivity index (χ0) is 15.2. The first-order chi connectivity index (χ1) is 10.1. The van der Waals surface area contributed by atoms with Gasteiger partial charge in [-0.25, -0.2) is 0 Å². The zero-order valence-corrected chi connectivity index (χ0v) is 12.9. The highest BCUT2D eigenvalue weighted by molar-refractivity contribution is 5.77. The van der Waals surface area contributed by atoms with E-state index in [1.165, 1.54) is 19.3 Å². The van der Waals surface area contributed by atoms with Crippen LogP contribution in [0.5, 0.6) is 5.75 Å². The molecule has 1 aliphatic carbocycles. The first-order valence-corrected chi connectivity index (χ1v) is 7.77. The van der Waals surface area contributed by atoms with Gasteiger partial charge >= 0.3 is 0 Å². The zero-order valence-electron chi connectivity index (χ0n) is 12.9. The number of hydrogen-bond donors (Lipinski definition) is 2. The molecule has 21 heavy (non-hydrogen) atoms. The molecule has 1 fully saturated rings. The standard InChI is InChI=1S/C17H25NO3/c1-12-10-14(13(2)19)8-9-16(12)21-11-17(20)18-15-6-4-3-5-7-15/h8-10,13,15,19H,3-7,11H2,1-2H3,(H,18,20). The minimum Gasteiger partial charge on any atom is -0.484 e. The lowest BCUT2D eigenvalue weighted by molar-refractivity contribution is -0.124. The van der Waals surface area contributed by atoms with Crippen LogP contribution in [-0.2, 0) is 4.79 Å². The van der Waals surface area contributed by atoms with Crippen LogP contribution in [0.15, 0.2) is 18.2 Å². The van der Waals surface area contributed by atoms with E-state index in [2.05, 4.69) is 5.32 Å². The lowest BCUT2D eigenvalue weighted by atomic mass is 9.95. The van der Waals surface area contributed by atoms with Gasteiger partial charge in [0.05, 0.1) is 6.10 Å². The van der Waals surface area contributed by atoms with Crippen LogP contribution in [0.2, 0.25) is 0 Å². The van der Waals surface area contributed by atoms with Crippen molar-refractivity contribution >= 4 is 5.91 Å². The van der Waals surface area contributed by atoms with Crippen LogP contribution in [0, 0.1) is 6.92 Å². The number of ether oxygens (including phenoxy) is 1. The number of aliphatic hydroxyl groups is 1. The summed E-state index contributed by atoms with van der Waals surface area (Å²) in [5.41, 5.74) is 1.78. The Morgan fingerprint density at radius 2 is 2.10 bits per heavy atom. The van der Waals surface area contributed by atoms with E-state index in [1.54, 1.807) is 6.92 Å². The average molecular weight is 291 g/mol. The third-order valence-corrected chi connectivity index (χ3v) is 4.01. The van der Waals surface area contributed by atoms with Crippen LogP contribution < -0.4 is 10.1 Å².